The van der Waals surface area contributed by atoms with Crippen molar-refractivity contribution in [2.45, 2.75) is 51.4 Å². The van der Waals surface area contributed by atoms with Gasteiger partial charge in [-0.1, -0.05) is 20.8 Å². The maximum atomic E-state index is 6.27. The molecule has 0 fully saturated rings. The third kappa shape index (κ3) is 3.30. The average molecular weight is 244 g/mol. The van der Waals surface area contributed by atoms with Gasteiger partial charge >= 0.3 is 0 Å². The molecule has 16 heavy (non-hydrogen) atoms. The summed E-state index contributed by atoms with van der Waals surface area (Å²) in [6.07, 6.45) is 1.05. The second-order valence-corrected chi connectivity index (χ2v) is 10.6. The van der Waals surface area contributed by atoms with Gasteiger partial charge in [0.25, 0.3) is 0 Å². The lowest BCUT2D eigenvalue weighted by Gasteiger charge is -2.38. The van der Waals surface area contributed by atoms with Crippen molar-refractivity contribution < 1.29 is 9.26 Å². The van der Waals surface area contributed by atoms with Crippen molar-refractivity contribution >= 4 is 14.2 Å². The molecule has 0 saturated heterocycles. The number of hydroxylamine groups is 1. The largest absolute Gasteiger partial charge is 0.412 e. The SMILES string of the molecule is CONC1=NCC(O[Si](C)(C)C(C)(C)C)C1. The van der Waals surface area contributed by atoms with Gasteiger partial charge in [0.2, 0.25) is 0 Å². The van der Waals surface area contributed by atoms with E-state index < -0.39 is 8.32 Å². The van der Waals surface area contributed by atoms with E-state index >= 15 is 0 Å². The fraction of sp³-hybridized carbons (Fsp3) is 0.909. The summed E-state index contributed by atoms with van der Waals surface area (Å²) in [5, 5.41) is 0.254. The van der Waals surface area contributed by atoms with Crippen LogP contribution in [0.3, 0.4) is 0 Å². The lowest BCUT2D eigenvalue weighted by molar-refractivity contribution is 0.140. The maximum absolute atomic E-state index is 6.27. The van der Waals surface area contributed by atoms with Crippen LogP contribution in [0.4, 0.5) is 0 Å². The lowest BCUT2D eigenvalue weighted by Crippen LogP contribution is -2.44. The first-order valence-corrected chi connectivity index (χ1v) is 8.67. The molecule has 1 rings (SSSR count). The Bertz CT molecular complexity index is 272. The third-order valence-electron chi connectivity index (χ3n) is 3.39. The summed E-state index contributed by atoms with van der Waals surface area (Å²) in [6, 6.07) is 0. The van der Waals surface area contributed by atoms with Gasteiger partial charge in [-0.05, 0) is 18.1 Å². The van der Waals surface area contributed by atoms with E-state index in [4.69, 9.17) is 9.26 Å². The Hall–Kier alpha value is -0.393. The zero-order chi connectivity index (χ0) is 12.4. The van der Waals surface area contributed by atoms with E-state index in [2.05, 4.69) is 44.3 Å². The molecule has 1 heterocycles. The minimum absolute atomic E-state index is 0.221. The van der Waals surface area contributed by atoms with Crippen LogP contribution in [0.25, 0.3) is 0 Å². The van der Waals surface area contributed by atoms with E-state index in [9.17, 15) is 0 Å². The van der Waals surface area contributed by atoms with E-state index in [-0.39, 0.29) is 11.1 Å². The molecule has 4 nitrogen and oxygen atoms in total. The number of nitrogens with one attached hydrogen (secondary N) is 1. The highest BCUT2D eigenvalue weighted by Gasteiger charge is 2.40. The zero-order valence-corrected chi connectivity index (χ0v) is 12.3. The van der Waals surface area contributed by atoms with E-state index in [1.807, 2.05) is 0 Å². The molecule has 1 N–H and O–H groups in total. The summed E-state index contributed by atoms with van der Waals surface area (Å²) in [7, 11) is -0.0627. The summed E-state index contributed by atoms with van der Waals surface area (Å²) in [5.41, 5.74) is 2.78. The summed E-state index contributed by atoms with van der Waals surface area (Å²) < 4.78 is 6.27. The van der Waals surface area contributed by atoms with Crippen LogP contribution in [0.5, 0.6) is 0 Å². The second-order valence-electron chi connectivity index (χ2n) is 5.80. The molecule has 0 aromatic carbocycles. The Labute approximate surface area is 99.5 Å². The predicted molar refractivity (Wildman–Crippen MR) is 69.1 cm³/mol. The fourth-order valence-corrected chi connectivity index (χ4v) is 2.77. The lowest BCUT2D eigenvalue weighted by atomic mass is 10.2. The number of amidine groups is 1. The van der Waals surface area contributed by atoms with Crippen LogP contribution in [-0.2, 0) is 9.26 Å². The Balaban J connectivity index is 2.47. The van der Waals surface area contributed by atoms with E-state index in [1.54, 1.807) is 7.11 Å². The van der Waals surface area contributed by atoms with Gasteiger partial charge in [0.05, 0.1) is 19.8 Å². The van der Waals surface area contributed by atoms with Crippen LogP contribution in [0.2, 0.25) is 18.1 Å². The molecule has 0 radical (unpaired) electrons. The number of hydrogen-bond donors (Lipinski definition) is 1. The Morgan fingerprint density at radius 1 is 1.38 bits per heavy atom. The van der Waals surface area contributed by atoms with E-state index in [0.717, 1.165) is 18.8 Å². The predicted octanol–water partition coefficient (Wildman–Crippen LogP) is 2.33. The highest BCUT2D eigenvalue weighted by molar-refractivity contribution is 6.74. The minimum Gasteiger partial charge on any atom is -0.412 e. The summed E-state index contributed by atoms with van der Waals surface area (Å²) in [6.45, 7) is 12.1. The van der Waals surface area contributed by atoms with Gasteiger partial charge in [-0.3, -0.25) is 15.3 Å². The van der Waals surface area contributed by atoms with Gasteiger partial charge in [0.1, 0.15) is 5.84 Å². The molecule has 0 aromatic rings. The van der Waals surface area contributed by atoms with E-state index in [1.165, 1.54) is 0 Å². The molecular weight excluding hydrogens is 220 g/mol. The van der Waals surface area contributed by atoms with Crippen molar-refractivity contribution in [3.63, 3.8) is 0 Å². The van der Waals surface area contributed by atoms with E-state index in [0.29, 0.717) is 0 Å². The number of hydrogen-bond acceptors (Lipinski definition) is 4. The molecule has 1 aliphatic heterocycles. The van der Waals surface area contributed by atoms with Crippen molar-refractivity contribution in [3.8, 4) is 0 Å². The average Bonchev–Trinajstić information content (AvgIpc) is 2.50. The molecule has 0 bridgehead atoms. The summed E-state index contributed by atoms with van der Waals surface area (Å²) in [5.74, 6) is 0.895. The highest BCUT2D eigenvalue weighted by atomic mass is 28.4. The number of aliphatic imine (C=N–C) groups is 1. The molecule has 0 aliphatic carbocycles. The topological polar surface area (TPSA) is 42.8 Å². The first-order chi connectivity index (χ1) is 7.26. The molecule has 0 amide bonds. The van der Waals surface area contributed by atoms with Crippen LogP contribution >= 0.6 is 0 Å². The van der Waals surface area contributed by atoms with Gasteiger partial charge in [0, 0.05) is 6.42 Å². The Morgan fingerprint density at radius 2 is 2.00 bits per heavy atom. The molecule has 94 valence electrons. The molecule has 1 unspecified atom stereocenters. The smallest absolute Gasteiger partial charge is 0.192 e. The van der Waals surface area contributed by atoms with Gasteiger partial charge in [-0.15, -0.1) is 0 Å². The van der Waals surface area contributed by atoms with Gasteiger partial charge in [-0.2, -0.15) is 0 Å². The Kier molecular flexibility index (Phi) is 4.15. The van der Waals surface area contributed by atoms with Crippen molar-refractivity contribution in [1.29, 1.82) is 0 Å². The molecule has 5 heteroatoms. The first kappa shape index (κ1) is 13.7. The first-order valence-electron chi connectivity index (χ1n) is 5.76. The molecule has 0 aromatic heterocycles. The zero-order valence-electron chi connectivity index (χ0n) is 11.3. The normalized spacial score (nSPS) is 22.1. The summed E-state index contributed by atoms with van der Waals surface area (Å²) in [4.78, 5) is 9.20. The standard InChI is InChI=1S/C11H24N2O2Si/c1-11(2,3)16(5,6)15-9-7-10(12-8-9)13-14-4/h9H,7-8H2,1-6H3,(H,12,13). The molecule has 0 spiro atoms. The van der Waals surface area contributed by atoms with Crippen LogP contribution in [0, 0.1) is 0 Å². The maximum Gasteiger partial charge on any atom is 0.192 e. The second kappa shape index (κ2) is 4.85. The van der Waals surface area contributed by atoms with Crippen LogP contribution in [-0.4, -0.2) is 33.9 Å². The van der Waals surface area contributed by atoms with Crippen LogP contribution < -0.4 is 5.48 Å². The number of nitrogens with zero attached hydrogens (tertiary/aromatic N) is 1. The van der Waals surface area contributed by atoms with Crippen molar-refractivity contribution in [2.75, 3.05) is 13.7 Å². The van der Waals surface area contributed by atoms with Gasteiger partial charge < -0.3 is 4.43 Å². The highest BCUT2D eigenvalue weighted by Crippen LogP contribution is 2.38. The third-order valence-corrected chi connectivity index (χ3v) is 7.93. The van der Waals surface area contributed by atoms with Crippen molar-refractivity contribution in [2.24, 2.45) is 4.99 Å². The van der Waals surface area contributed by atoms with Crippen LogP contribution in [0.1, 0.15) is 27.2 Å². The molecule has 0 saturated carbocycles. The Morgan fingerprint density at radius 3 is 2.50 bits per heavy atom. The molecular formula is C11H24N2O2Si. The number of rotatable bonds is 3. The van der Waals surface area contributed by atoms with Crippen LogP contribution in [0.15, 0.2) is 4.99 Å². The minimum atomic E-state index is -1.66. The van der Waals surface area contributed by atoms with Crippen molar-refractivity contribution in [1.82, 2.24) is 5.48 Å². The van der Waals surface area contributed by atoms with Gasteiger partial charge in [-0.25, -0.2) is 0 Å². The summed E-state index contributed by atoms with van der Waals surface area (Å²) >= 11 is 0. The fourth-order valence-electron chi connectivity index (χ4n) is 1.42. The van der Waals surface area contributed by atoms with Crippen molar-refractivity contribution in [3.05, 3.63) is 0 Å². The quantitative estimate of drug-likeness (QED) is 0.612. The molecule has 1 aliphatic rings. The monoisotopic (exact) mass is 244 g/mol. The van der Waals surface area contributed by atoms with Gasteiger partial charge in [0.15, 0.2) is 8.32 Å². The molecule has 1 atom stereocenters.